The van der Waals surface area contributed by atoms with E-state index in [0.29, 0.717) is 0 Å². The summed E-state index contributed by atoms with van der Waals surface area (Å²) in [5, 5.41) is 0. The van der Waals surface area contributed by atoms with Gasteiger partial charge in [0.1, 0.15) is 0 Å². The van der Waals surface area contributed by atoms with Crippen LogP contribution in [0.3, 0.4) is 0 Å². The smallest absolute Gasteiger partial charge is 0.0398 e. The monoisotopic (exact) mass is 148 g/mol. The Kier molecular flexibility index (Phi) is 5.18. The van der Waals surface area contributed by atoms with E-state index in [1.54, 1.807) is 6.08 Å². The van der Waals surface area contributed by atoms with Crippen LogP contribution in [0, 0.1) is 0 Å². The second-order valence-electron chi connectivity index (χ2n) is 2.53. The molecular weight excluding hydrogens is 132 g/mol. The molecule has 0 aliphatic carbocycles. The number of rotatable bonds is 3. The van der Waals surface area contributed by atoms with Gasteiger partial charge in [-0.1, -0.05) is 48.1 Å². The lowest BCUT2D eigenvalue weighted by Crippen LogP contribution is -1.71. The minimum absolute atomic E-state index is 1.23. The van der Waals surface area contributed by atoms with Crippen LogP contribution in [0.25, 0.3) is 0 Å². The molecule has 0 aromatic carbocycles. The van der Waals surface area contributed by atoms with Crippen molar-refractivity contribution in [2.24, 2.45) is 0 Å². The average Bonchev–Trinajstić information content (AvgIpc) is 1.87. The van der Waals surface area contributed by atoms with Crippen molar-refractivity contribution in [3.63, 3.8) is 0 Å². The second kappa shape index (κ2) is 5.72. The maximum Gasteiger partial charge on any atom is -0.0398 e. The lowest BCUT2D eigenvalue weighted by Gasteiger charge is -1.91. The molecule has 0 aliphatic heterocycles. The Morgan fingerprint density at radius 3 is 2.27 bits per heavy atom. The summed E-state index contributed by atoms with van der Waals surface area (Å²) in [5.74, 6) is 0. The van der Waals surface area contributed by atoms with Gasteiger partial charge in [0, 0.05) is 0 Å². The first-order chi connectivity index (χ1) is 5.20. The SMILES string of the molecule is C=C/C=C(C)/C=C(C)\C=C/C. The van der Waals surface area contributed by atoms with E-state index in [-0.39, 0.29) is 0 Å². The Hall–Kier alpha value is -1.04. The molecule has 0 amide bonds. The van der Waals surface area contributed by atoms with Crippen LogP contribution in [0.2, 0.25) is 0 Å². The molecule has 0 aromatic rings. The largest absolute Gasteiger partial charge is 0.0991 e. The summed E-state index contributed by atoms with van der Waals surface area (Å²) in [4.78, 5) is 0. The van der Waals surface area contributed by atoms with Gasteiger partial charge in [-0.3, -0.25) is 0 Å². The number of hydrogen-bond donors (Lipinski definition) is 0. The molecule has 0 heteroatoms. The highest BCUT2D eigenvalue weighted by atomic mass is 13.9. The summed E-state index contributed by atoms with van der Waals surface area (Å²) < 4.78 is 0. The Balaban J connectivity index is 4.29. The van der Waals surface area contributed by atoms with Crippen LogP contribution < -0.4 is 0 Å². The number of allylic oxidation sites excluding steroid dienone is 7. The molecule has 0 nitrogen and oxygen atoms in total. The van der Waals surface area contributed by atoms with E-state index in [4.69, 9.17) is 0 Å². The summed E-state index contributed by atoms with van der Waals surface area (Å²) in [6, 6.07) is 0. The van der Waals surface area contributed by atoms with Gasteiger partial charge in [0.2, 0.25) is 0 Å². The van der Waals surface area contributed by atoms with Crippen molar-refractivity contribution < 1.29 is 0 Å². The van der Waals surface area contributed by atoms with Gasteiger partial charge in [0.05, 0.1) is 0 Å². The Labute approximate surface area is 69.6 Å². The van der Waals surface area contributed by atoms with Crippen molar-refractivity contribution >= 4 is 0 Å². The lowest BCUT2D eigenvalue weighted by atomic mass is 10.2. The standard InChI is InChI=1S/C11H16/c1-5-7-10(3)9-11(4)8-6-2/h5-9H,1H2,2-4H3/b8-6-,10-7+,11-9-. The molecule has 0 radical (unpaired) electrons. The Bertz CT molecular complexity index is 202. The van der Waals surface area contributed by atoms with Gasteiger partial charge in [-0.2, -0.15) is 0 Å². The summed E-state index contributed by atoms with van der Waals surface area (Å²) in [5.41, 5.74) is 2.50. The first-order valence-electron chi connectivity index (χ1n) is 3.81. The molecule has 0 N–H and O–H groups in total. The quantitative estimate of drug-likeness (QED) is 0.536. The average molecular weight is 148 g/mol. The van der Waals surface area contributed by atoms with Gasteiger partial charge in [0.15, 0.2) is 0 Å². The predicted molar refractivity (Wildman–Crippen MR) is 52.5 cm³/mol. The maximum atomic E-state index is 3.63. The molecule has 0 fully saturated rings. The highest BCUT2D eigenvalue weighted by Gasteiger charge is 1.81. The second-order valence-corrected chi connectivity index (χ2v) is 2.53. The zero-order valence-corrected chi connectivity index (χ0v) is 7.59. The molecule has 0 spiro atoms. The van der Waals surface area contributed by atoms with E-state index in [9.17, 15) is 0 Å². The molecule has 60 valence electrons. The maximum absolute atomic E-state index is 3.63. The van der Waals surface area contributed by atoms with Crippen LogP contribution in [-0.2, 0) is 0 Å². The Morgan fingerprint density at radius 2 is 1.82 bits per heavy atom. The van der Waals surface area contributed by atoms with Crippen molar-refractivity contribution in [2.45, 2.75) is 20.8 Å². The lowest BCUT2D eigenvalue weighted by molar-refractivity contribution is 1.43. The number of hydrogen-bond acceptors (Lipinski definition) is 0. The molecule has 0 bridgehead atoms. The highest BCUT2D eigenvalue weighted by molar-refractivity contribution is 5.29. The zero-order valence-electron chi connectivity index (χ0n) is 7.59. The van der Waals surface area contributed by atoms with E-state index in [0.717, 1.165) is 0 Å². The van der Waals surface area contributed by atoms with Crippen molar-refractivity contribution in [1.29, 1.82) is 0 Å². The van der Waals surface area contributed by atoms with Crippen molar-refractivity contribution in [1.82, 2.24) is 0 Å². The molecule has 0 rings (SSSR count). The van der Waals surface area contributed by atoms with Gasteiger partial charge >= 0.3 is 0 Å². The minimum Gasteiger partial charge on any atom is -0.0991 e. The molecule has 0 saturated heterocycles. The third kappa shape index (κ3) is 5.41. The van der Waals surface area contributed by atoms with E-state index in [2.05, 4.69) is 32.6 Å². The fraction of sp³-hybridized carbons (Fsp3) is 0.273. The molecule has 0 saturated carbocycles. The van der Waals surface area contributed by atoms with Crippen molar-refractivity contribution in [2.75, 3.05) is 0 Å². The van der Waals surface area contributed by atoms with Crippen LogP contribution in [0.5, 0.6) is 0 Å². The fourth-order valence-electron chi connectivity index (χ4n) is 0.904. The van der Waals surface area contributed by atoms with Crippen molar-refractivity contribution in [3.8, 4) is 0 Å². The summed E-state index contributed by atoms with van der Waals surface area (Å²) in [6.07, 6.45) is 10.0. The molecule has 0 aliphatic rings. The molecule has 0 heterocycles. The third-order valence-corrected chi connectivity index (χ3v) is 1.27. The van der Waals surface area contributed by atoms with Gasteiger partial charge in [-0.05, 0) is 20.8 Å². The minimum atomic E-state index is 1.23. The van der Waals surface area contributed by atoms with Crippen LogP contribution in [0.4, 0.5) is 0 Å². The van der Waals surface area contributed by atoms with Gasteiger partial charge in [-0.25, -0.2) is 0 Å². The van der Waals surface area contributed by atoms with Crippen LogP contribution in [-0.4, -0.2) is 0 Å². The predicted octanol–water partition coefficient (Wildman–Crippen LogP) is 3.64. The summed E-state index contributed by atoms with van der Waals surface area (Å²) in [7, 11) is 0. The molecular formula is C11H16. The molecule has 0 unspecified atom stereocenters. The fourth-order valence-corrected chi connectivity index (χ4v) is 0.904. The van der Waals surface area contributed by atoms with Gasteiger partial charge in [0.25, 0.3) is 0 Å². The molecule has 0 atom stereocenters. The van der Waals surface area contributed by atoms with Crippen molar-refractivity contribution in [3.05, 3.63) is 48.1 Å². The first kappa shape index (κ1) is 9.96. The highest BCUT2D eigenvalue weighted by Crippen LogP contribution is 2.02. The van der Waals surface area contributed by atoms with Gasteiger partial charge < -0.3 is 0 Å². The molecule has 11 heavy (non-hydrogen) atoms. The Morgan fingerprint density at radius 1 is 1.18 bits per heavy atom. The first-order valence-corrected chi connectivity index (χ1v) is 3.81. The van der Waals surface area contributed by atoms with E-state index in [1.807, 2.05) is 19.1 Å². The molecule has 0 aromatic heterocycles. The van der Waals surface area contributed by atoms with E-state index >= 15 is 0 Å². The topological polar surface area (TPSA) is 0 Å². The third-order valence-electron chi connectivity index (χ3n) is 1.27. The van der Waals surface area contributed by atoms with Crippen LogP contribution in [0.1, 0.15) is 20.8 Å². The normalized spacial score (nSPS) is 14.1. The van der Waals surface area contributed by atoms with E-state index in [1.165, 1.54) is 11.1 Å². The summed E-state index contributed by atoms with van der Waals surface area (Å²) >= 11 is 0. The summed E-state index contributed by atoms with van der Waals surface area (Å²) in [6.45, 7) is 9.80. The van der Waals surface area contributed by atoms with Crippen LogP contribution in [0.15, 0.2) is 48.1 Å². The van der Waals surface area contributed by atoms with Crippen LogP contribution >= 0.6 is 0 Å². The van der Waals surface area contributed by atoms with Gasteiger partial charge in [-0.15, -0.1) is 0 Å². The van der Waals surface area contributed by atoms with E-state index < -0.39 is 0 Å². The zero-order chi connectivity index (χ0) is 8.69.